The molecule has 1 aliphatic heterocycles. The molecule has 0 aliphatic carbocycles. The number of likely N-dealkylation sites (N-methyl/N-ethyl adjacent to an activating group) is 1. The van der Waals surface area contributed by atoms with Crippen LogP contribution in [0.4, 0.5) is 13.2 Å². The number of esters is 1. The minimum absolute atomic E-state index is 0.123. The number of nitrogens with two attached hydrogens (primary N) is 1. The van der Waals surface area contributed by atoms with Gasteiger partial charge in [-0.2, -0.15) is 18.2 Å². The van der Waals surface area contributed by atoms with Crippen LogP contribution in [0.1, 0.15) is 0 Å². The summed E-state index contributed by atoms with van der Waals surface area (Å²) in [5.41, 5.74) is 0. The Hall–Kier alpha value is -1.35. The maximum Gasteiger partial charge on any atom is 0.490 e. The quantitative estimate of drug-likeness (QED) is 0.474. The van der Waals surface area contributed by atoms with Crippen LogP contribution in [0.15, 0.2) is 0 Å². The standard InChI is InChI=1S/C7H10F3N3O3/c1-12-2-3-13(11)5(4(12)14)16-6(15)7(8,9)10/h5H,2-3,11H2,1H3. The largest absolute Gasteiger partial charge is 0.490 e. The van der Waals surface area contributed by atoms with Crippen molar-refractivity contribution in [2.75, 3.05) is 20.1 Å². The molecule has 1 atom stereocenters. The zero-order valence-corrected chi connectivity index (χ0v) is 8.32. The summed E-state index contributed by atoms with van der Waals surface area (Å²) in [6.07, 6.45) is -6.86. The van der Waals surface area contributed by atoms with E-state index < -0.39 is 24.3 Å². The Bertz CT molecular complexity index is 307. The fourth-order valence-corrected chi connectivity index (χ4v) is 1.11. The fourth-order valence-electron chi connectivity index (χ4n) is 1.11. The lowest BCUT2D eigenvalue weighted by molar-refractivity contribution is -0.217. The van der Waals surface area contributed by atoms with Gasteiger partial charge in [-0.05, 0) is 0 Å². The van der Waals surface area contributed by atoms with Crippen LogP contribution >= 0.6 is 0 Å². The predicted octanol–water partition coefficient (Wildman–Crippen LogP) is -0.934. The third-order valence-corrected chi connectivity index (χ3v) is 2.03. The summed E-state index contributed by atoms with van der Waals surface area (Å²) in [5.74, 6) is 2.04. The van der Waals surface area contributed by atoms with Gasteiger partial charge in [0, 0.05) is 20.1 Å². The number of nitrogens with zero attached hydrogens (tertiary/aromatic N) is 2. The van der Waals surface area contributed by atoms with Gasteiger partial charge in [-0.1, -0.05) is 0 Å². The molecule has 0 bridgehead atoms. The van der Waals surface area contributed by atoms with Crippen molar-refractivity contribution in [2.24, 2.45) is 5.84 Å². The van der Waals surface area contributed by atoms with Crippen LogP contribution in [0, 0.1) is 0 Å². The smallest absolute Gasteiger partial charge is 0.429 e. The number of piperazine rings is 1. The molecule has 0 radical (unpaired) electrons. The highest BCUT2D eigenvalue weighted by molar-refractivity contribution is 5.85. The average Bonchev–Trinajstić information content (AvgIpc) is 2.17. The van der Waals surface area contributed by atoms with E-state index in [9.17, 15) is 22.8 Å². The number of halogens is 3. The Labute approximate surface area is 88.7 Å². The van der Waals surface area contributed by atoms with Crippen molar-refractivity contribution in [2.45, 2.75) is 12.4 Å². The van der Waals surface area contributed by atoms with E-state index in [1.807, 2.05) is 0 Å². The summed E-state index contributed by atoms with van der Waals surface area (Å²) < 4.78 is 39.7. The second kappa shape index (κ2) is 4.26. The van der Waals surface area contributed by atoms with Gasteiger partial charge in [-0.15, -0.1) is 0 Å². The molecule has 16 heavy (non-hydrogen) atoms. The number of alkyl halides is 3. The predicted molar refractivity (Wildman–Crippen MR) is 44.5 cm³/mol. The van der Waals surface area contributed by atoms with Crippen LogP contribution in [0.2, 0.25) is 0 Å². The van der Waals surface area contributed by atoms with Gasteiger partial charge in [0.15, 0.2) is 0 Å². The highest BCUT2D eigenvalue weighted by Gasteiger charge is 2.45. The lowest BCUT2D eigenvalue weighted by atomic mass is 10.3. The van der Waals surface area contributed by atoms with Gasteiger partial charge < -0.3 is 9.64 Å². The minimum Gasteiger partial charge on any atom is -0.429 e. The summed E-state index contributed by atoms with van der Waals surface area (Å²) in [5, 5.41) is 0.756. The van der Waals surface area contributed by atoms with Crippen molar-refractivity contribution >= 4 is 11.9 Å². The van der Waals surface area contributed by atoms with Gasteiger partial charge in [0.1, 0.15) is 0 Å². The fraction of sp³-hybridized carbons (Fsp3) is 0.714. The van der Waals surface area contributed by atoms with Crippen molar-refractivity contribution in [1.82, 2.24) is 9.91 Å². The molecule has 1 unspecified atom stereocenters. The molecule has 92 valence electrons. The van der Waals surface area contributed by atoms with Gasteiger partial charge in [-0.25, -0.2) is 4.79 Å². The third kappa shape index (κ3) is 2.61. The molecule has 0 aromatic heterocycles. The molecule has 9 heteroatoms. The molecule has 1 saturated heterocycles. The van der Waals surface area contributed by atoms with Crippen molar-refractivity contribution in [3.8, 4) is 0 Å². The van der Waals surface area contributed by atoms with E-state index in [0.29, 0.717) is 0 Å². The summed E-state index contributed by atoms with van der Waals surface area (Å²) in [7, 11) is 1.38. The molecule has 1 amide bonds. The van der Waals surface area contributed by atoms with E-state index in [4.69, 9.17) is 5.84 Å². The van der Waals surface area contributed by atoms with Crippen LogP contribution < -0.4 is 5.84 Å². The molecule has 1 aliphatic rings. The van der Waals surface area contributed by atoms with Crippen LogP contribution in [0.25, 0.3) is 0 Å². The maximum atomic E-state index is 11.9. The van der Waals surface area contributed by atoms with Crippen molar-refractivity contribution < 1.29 is 27.5 Å². The second-order valence-corrected chi connectivity index (χ2v) is 3.25. The monoisotopic (exact) mass is 241 g/mol. The number of hydrazine groups is 1. The van der Waals surface area contributed by atoms with E-state index in [1.165, 1.54) is 7.05 Å². The average molecular weight is 241 g/mol. The number of hydrogen-bond donors (Lipinski definition) is 1. The SMILES string of the molecule is CN1CCN(N)C(OC(=O)C(F)(F)F)C1=O. The molecule has 0 aromatic carbocycles. The molecule has 1 fully saturated rings. The van der Waals surface area contributed by atoms with Crippen molar-refractivity contribution in [3.63, 3.8) is 0 Å². The molecule has 0 aromatic rings. The first-order chi connectivity index (χ1) is 7.23. The van der Waals surface area contributed by atoms with E-state index in [0.717, 1.165) is 9.91 Å². The number of carbonyl (C=O) groups excluding carboxylic acids is 2. The van der Waals surface area contributed by atoms with E-state index in [-0.39, 0.29) is 13.1 Å². The molecule has 6 nitrogen and oxygen atoms in total. The number of hydrogen-bond acceptors (Lipinski definition) is 5. The first-order valence-electron chi connectivity index (χ1n) is 4.27. The van der Waals surface area contributed by atoms with E-state index in [2.05, 4.69) is 4.74 Å². The number of ether oxygens (including phenoxy) is 1. The first kappa shape index (κ1) is 12.7. The summed E-state index contributed by atoms with van der Waals surface area (Å²) in [6.45, 7) is 0.382. The zero-order chi connectivity index (χ0) is 12.5. The Morgan fingerprint density at radius 3 is 2.56 bits per heavy atom. The Kier molecular flexibility index (Phi) is 3.38. The topological polar surface area (TPSA) is 75.9 Å². The highest BCUT2D eigenvalue weighted by Crippen LogP contribution is 2.19. The number of rotatable bonds is 1. The summed E-state index contributed by atoms with van der Waals surface area (Å²) in [4.78, 5) is 23.0. The molecule has 1 heterocycles. The molecular formula is C7H10F3N3O3. The van der Waals surface area contributed by atoms with E-state index in [1.54, 1.807) is 0 Å². The Morgan fingerprint density at radius 2 is 2.06 bits per heavy atom. The van der Waals surface area contributed by atoms with Crippen LogP contribution in [0.5, 0.6) is 0 Å². The van der Waals surface area contributed by atoms with Gasteiger partial charge >= 0.3 is 12.1 Å². The number of carbonyl (C=O) groups is 2. The first-order valence-corrected chi connectivity index (χ1v) is 4.27. The van der Waals surface area contributed by atoms with Crippen LogP contribution in [0.3, 0.4) is 0 Å². The summed E-state index contributed by atoms with van der Waals surface area (Å²) >= 11 is 0. The van der Waals surface area contributed by atoms with Gasteiger partial charge in [0.25, 0.3) is 5.91 Å². The normalized spacial score (nSPS) is 23.4. The lowest BCUT2D eigenvalue weighted by Gasteiger charge is -2.35. The Morgan fingerprint density at radius 1 is 1.50 bits per heavy atom. The van der Waals surface area contributed by atoms with Crippen molar-refractivity contribution in [1.29, 1.82) is 0 Å². The van der Waals surface area contributed by atoms with Crippen molar-refractivity contribution in [3.05, 3.63) is 0 Å². The molecule has 0 saturated carbocycles. The minimum atomic E-state index is -5.14. The third-order valence-electron chi connectivity index (χ3n) is 2.03. The summed E-state index contributed by atoms with van der Waals surface area (Å²) in [6, 6.07) is 0. The molecular weight excluding hydrogens is 231 g/mol. The molecule has 1 rings (SSSR count). The van der Waals surface area contributed by atoms with E-state index >= 15 is 0 Å². The van der Waals surface area contributed by atoms with Crippen LogP contribution in [-0.4, -0.2) is 54.3 Å². The second-order valence-electron chi connectivity index (χ2n) is 3.25. The highest BCUT2D eigenvalue weighted by atomic mass is 19.4. The van der Waals surface area contributed by atoms with Crippen LogP contribution in [-0.2, 0) is 14.3 Å². The number of amides is 1. The molecule has 0 spiro atoms. The molecule has 2 N–H and O–H groups in total. The zero-order valence-electron chi connectivity index (χ0n) is 8.32. The van der Waals surface area contributed by atoms with Gasteiger partial charge in [0.2, 0.25) is 6.23 Å². The Balaban J connectivity index is 2.71. The van der Waals surface area contributed by atoms with Gasteiger partial charge in [-0.3, -0.25) is 10.6 Å². The maximum absolute atomic E-state index is 11.9. The lowest BCUT2D eigenvalue weighted by Crippen LogP contribution is -2.60. The van der Waals surface area contributed by atoms with Gasteiger partial charge in [0.05, 0.1) is 0 Å².